The maximum Gasteiger partial charge on any atom is 0.328 e. The third-order valence-electron chi connectivity index (χ3n) is 2.84. The van der Waals surface area contributed by atoms with Crippen molar-refractivity contribution in [3.63, 3.8) is 0 Å². The van der Waals surface area contributed by atoms with Crippen LogP contribution in [-0.2, 0) is 9.53 Å². The van der Waals surface area contributed by atoms with Gasteiger partial charge in [0.25, 0.3) is 11.8 Å². The second-order valence-electron chi connectivity index (χ2n) is 5.22. The lowest BCUT2D eigenvalue weighted by atomic mass is 10.0. The fourth-order valence-electron chi connectivity index (χ4n) is 1.78. The number of thiazole rings is 1. The molecule has 1 aromatic heterocycles. The lowest BCUT2D eigenvalue weighted by Gasteiger charge is -2.17. The lowest BCUT2D eigenvalue weighted by molar-refractivity contribution is -0.143. The second-order valence-corrected chi connectivity index (χ2v) is 6.07. The number of carbonyl (C=O) groups excluding carboxylic acids is 3. The molecular weight excluding hydrogens is 318 g/mol. The lowest BCUT2D eigenvalue weighted by Crippen LogP contribution is -2.42. The molecule has 7 nitrogen and oxygen atoms in total. The van der Waals surface area contributed by atoms with Gasteiger partial charge in [-0.3, -0.25) is 9.59 Å². The molecular formula is C15H21N3O4S. The van der Waals surface area contributed by atoms with E-state index in [1.54, 1.807) is 6.08 Å². The summed E-state index contributed by atoms with van der Waals surface area (Å²) in [5.41, 5.74) is 0.0939. The van der Waals surface area contributed by atoms with Crippen LogP contribution in [0.25, 0.3) is 0 Å². The number of rotatable bonds is 8. The number of esters is 1. The summed E-state index contributed by atoms with van der Waals surface area (Å²) in [6, 6.07) is -0.743. The van der Waals surface area contributed by atoms with Crippen LogP contribution >= 0.6 is 11.3 Å². The van der Waals surface area contributed by atoms with Gasteiger partial charge in [0.15, 0.2) is 5.01 Å². The molecule has 1 rings (SSSR count). The number of carbonyl (C=O) groups is 3. The highest BCUT2D eigenvalue weighted by molar-refractivity contribution is 7.11. The predicted molar refractivity (Wildman–Crippen MR) is 87.4 cm³/mol. The molecule has 8 heteroatoms. The van der Waals surface area contributed by atoms with E-state index in [0.717, 1.165) is 11.3 Å². The number of hydrogen-bond acceptors (Lipinski definition) is 6. The van der Waals surface area contributed by atoms with Crippen molar-refractivity contribution < 1.29 is 19.1 Å². The molecule has 126 valence electrons. The van der Waals surface area contributed by atoms with Gasteiger partial charge in [-0.1, -0.05) is 19.9 Å². The standard InChI is InChI=1S/C15H21N3O4S/c1-5-6-16-13(20)14-18-11(8-23-14)12(19)17-10(7-9(2)3)15(21)22-4/h5,8-10H,1,6-7H2,2-4H3,(H,16,20)(H,17,19). The van der Waals surface area contributed by atoms with E-state index in [0.29, 0.717) is 13.0 Å². The summed E-state index contributed by atoms with van der Waals surface area (Å²) in [6.45, 7) is 7.69. The highest BCUT2D eigenvalue weighted by atomic mass is 32.1. The van der Waals surface area contributed by atoms with Gasteiger partial charge in [-0.25, -0.2) is 9.78 Å². The Bertz CT molecular complexity index is 583. The summed E-state index contributed by atoms with van der Waals surface area (Å²) in [5.74, 6) is -1.19. The maximum absolute atomic E-state index is 12.2. The van der Waals surface area contributed by atoms with Crippen LogP contribution in [0.1, 0.15) is 40.6 Å². The monoisotopic (exact) mass is 339 g/mol. The van der Waals surface area contributed by atoms with Crippen molar-refractivity contribution in [2.45, 2.75) is 26.3 Å². The number of nitrogens with one attached hydrogen (secondary N) is 2. The first-order valence-corrected chi connectivity index (χ1v) is 8.00. The summed E-state index contributed by atoms with van der Waals surface area (Å²) in [5, 5.41) is 6.82. The quantitative estimate of drug-likeness (QED) is 0.551. The highest BCUT2D eigenvalue weighted by Crippen LogP contribution is 2.11. The van der Waals surface area contributed by atoms with E-state index >= 15 is 0 Å². The third-order valence-corrected chi connectivity index (χ3v) is 3.68. The highest BCUT2D eigenvalue weighted by Gasteiger charge is 2.24. The summed E-state index contributed by atoms with van der Waals surface area (Å²) in [7, 11) is 1.27. The van der Waals surface area contributed by atoms with Crippen LogP contribution < -0.4 is 10.6 Å². The van der Waals surface area contributed by atoms with E-state index < -0.39 is 17.9 Å². The summed E-state index contributed by atoms with van der Waals surface area (Å²) in [4.78, 5) is 39.6. The zero-order chi connectivity index (χ0) is 17.4. The fraction of sp³-hybridized carbons (Fsp3) is 0.467. The largest absolute Gasteiger partial charge is 0.467 e. The Balaban J connectivity index is 2.76. The first-order chi connectivity index (χ1) is 10.9. The van der Waals surface area contributed by atoms with Crippen molar-refractivity contribution in [2.75, 3.05) is 13.7 Å². The van der Waals surface area contributed by atoms with Gasteiger partial charge in [0.05, 0.1) is 7.11 Å². The van der Waals surface area contributed by atoms with Gasteiger partial charge in [0, 0.05) is 11.9 Å². The van der Waals surface area contributed by atoms with E-state index in [-0.39, 0.29) is 22.5 Å². The van der Waals surface area contributed by atoms with Crippen LogP contribution in [0.15, 0.2) is 18.0 Å². The van der Waals surface area contributed by atoms with Crippen LogP contribution in [0.4, 0.5) is 0 Å². The first-order valence-electron chi connectivity index (χ1n) is 7.12. The van der Waals surface area contributed by atoms with Crippen LogP contribution in [0.3, 0.4) is 0 Å². The Kier molecular flexibility index (Phi) is 7.40. The minimum absolute atomic E-state index is 0.0939. The van der Waals surface area contributed by atoms with Crippen molar-refractivity contribution >= 4 is 29.1 Å². The van der Waals surface area contributed by atoms with Crippen molar-refractivity contribution in [1.82, 2.24) is 15.6 Å². The minimum Gasteiger partial charge on any atom is -0.467 e. The van der Waals surface area contributed by atoms with E-state index in [4.69, 9.17) is 4.74 Å². The molecule has 0 aliphatic heterocycles. The summed E-state index contributed by atoms with van der Waals surface area (Å²) < 4.78 is 4.69. The molecule has 0 aliphatic rings. The van der Waals surface area contributed by atoms with E-state index in [9.17, 15) is 14.4 Å². The topological polar surface area (TPSA) is 97.4 Å². The van der Waals surface area contributed by atoms with E-state index in [1.165, 1.54) is 12.5 Å². The van der Waals surface area contributed by atoms with Crippen molar-refractivity contribution in [1.29, 1.82) is 0 Å². The van der Waals surface area contributed by atoms with E-state index in [2.05, 4.69) is 22.2 Å². The minimum atomic E-state index is -0.743. The van der Waals surface area contributed by atoms with Crippen molar-refractivity contribution in [3.05, 3.63) is 28.7 Å². The van der Waals surface area contributed by atoms with Gasteiger partial charge in [0.1, 0.15) is 11.7 Å². The Morgan fingerprint density at radius 2 is 2.09 bits per heavy atom. The SMILES string of the molecule is C=CCNC(=O)c1nc(C(=O)NC(CC(C)C)C(=O)OC)cs1. The van der Waals surface area contributed by atoms with Crippen molar-refractivity contribution in [2.24, 2.45) is 5.92 Å². The number of aromatic nitrogens is 1. The molecule has 2 N–H and O–H groups in total. The molecule has 1 heterocycles. The van der Waals surface area contributed by atoms with Crippen LogP contribution in [-0.4, -0.2) is 42.5 Å². The molecule has 0 bridgehead atoms. The molecule has 23 heavy (non-hydrogen) atoms. The Hall–Kier alpha value is -2.22. The molecule has 0 saturated heterocycles. The number of nitrogens with zero attached hydrogens (tertiary/aromatic N) is 1. The number of amides is 2. The molecule has 0 spiro atoms. The molecule has 0 saturated carbocycles. The average molecular weight is 339 g/mol. The van der Waals surface area contributed by atoms with Gasteiger partial charge in [0.2, 0.25) is 0 Å². The molecule has 2 amide bonds. The summed E-state index contributed by atoms with van der Waals surface area (Å²) in [6.07, 6.45) is 2.00. The molecule has 1 atom stereocenters. The molecule has 0 aliphatic carbocycles. The molecule has 0 fully saturated rings. The fourth-order valence-corrected chi connectivity index (χ4v) is 2.50. The maximum atomic E-state index is 12.2. The number of methoxy groups -OCH3 is 1. The van der Waals surface area contributed by atoms with Crippen LogP contribution in [0, 0.1) is 5.92 Å². The summed E-state index contributed by atoms with van der Waals surface area (Å²) >= 11 is 1.06. The second kappa shape index (κ2) is 9.04. The zero-order valence-electron chi connectivity index (χ0n) is 13.4. The normalized spacial score (nSPS) is 11.7. The van der Waals surface area contributed by atoms with Gasteiger partial charge < -0.3 is 15.4 Å². The Labute approximate surface area is 139 Å². The van der Waals surface area contributed by atoms with Crippen LogP contribution in [0.5, 0.6) is 0 Å². The molecule has 1 unspecified atom stereocenters. The first kappa shape index (κ1) is 18.8. The number of ether oxygens (including phenoxy) is 1. The van der Waals surface area contributed by atoms with Gasteiger partial charge >= 0.3 is 5.97 Å². The average Bonchev–Trinajstić information content (AvgIpc) is 3.00. The van der Waals surface area contributed by atoms with E-state index in [1.807, 2.05) is 13.8 Å². The van der Waals surface area contributed by atoms with Crippen LogP contribution in [0.2, 0.25) is 0 Å². The smallest absolute Gasteiger partial charge is 0.328 e. The van der Waals surface area contributed by atoms with Gasteiger partial charge in [-0.15, -0.1) is 17.9 Å². The third kappa shape index (κ3) is 5.82. The predicted octanol–water partition coefficient (Wildman–Crippen LogP) is 1.38. The Morgan fingerprint density at radius 1 is 1.39 bits per heavy atom. The van der Waals surface area contributed by atoms with Gasteiger partial charge in [-0.2, -0.15) is 0 Å². The van der Waals surface area contributed by atoms with Gasteiger partial charge in [-0.05, 0) is 12.3 Å². The number of hydrogen-bond donors (Lipinski definition) is 2. The Morgan fingerprint density at radius 3 is 2.65 bits per heavy atom. The molecule has 1 aromatic rings. The zero-order valence-corrected chi connectivity index (χ0v) is 14.2. The molecule has 0 aromatic carbocycles. The molecule has 0 radical (unpaired) electrons. The van der Waals surface area contributed by atoms with Crippen molar-refractivity contribution in [3.8, 4) is 0 Å².